The van der Waals surface area contributed by atoms with Crippen LogP contribution in [0.1, 0.15) is 30.4 Å². The molecule has 0 bridgehead atoms. The molecular weight excluding hydrogens is 734 g/mol. The smallest absolute Gasteiger partial charge is 0.178 e. The molecule has 0 aliphatic carbocycles. The second kappa shape index (κ2) is 18.1. The number of fused-ring (bicyclic) bond motifs is 3. The van der Waals surface area contributed by atoms with Gasteiger partial charge in [-0.15, -0.1) is 0 Å². The van der Waals surface area contributed by atoms with Crippen molar-refractivity contribution in [1.29, 1.82) is 0 Å². The normalized spacial score (nSPS) is 18.0. The van der Waals surface area contributed by atoms with Gasteiger partial charge in [0.1, 0.15) is 0 Å². The van der Waals surface area contributed by atoms with Crippen LogP contribution in [0, 0.1) is 0 Å². The van der Waals surface area contributed by atoms with Crippen LogP contribution in [0.3, 0.4) is 0 Å². The van der Waals surface area contributed by atoms with Gasteiger partial charge < -0.3 is 24.8 Å². The molecule has 11 heteroatoms. The Labute approximate surface area is 330 Å². The molecule has 1 atom stereocenters. The molecule has 0 unspecified atom stereocenters. The lowest BCUT2D eigenvalue weighted by molar-refractivity contribution is 0.112. The third-order valence-electron chi connectivity index (χ3n) is 11.0. The number of piperazine rings is 1. The number of likely N-dealkylation sites (N-methyl/N-ethyl adjacent to an activating group) is 1. The SMILES string of the molecule is CN1CCC[C@@H]1Cc1c[nH]c2ccc(CCS(=O)(=O)c3ccccc3)cc12.OCCN1CCN(CCCN2c3ccccc3Sc3ccc(Cl)cc32)CC1. The summed E-state index contributed by atoms with van der Waals surface area (Å²) in [5.41, 5.74) is 6.03. The average Bonchev–Trinajstić information content (AvgIpc) is 3.80. The molecule has 2 N–H and O–H groups in total. The van der Waals surface area contributed by atoms with Gasteiger partial charge in [-0.2, -0.15) is 0 Å². The van der Waals surface area contributed by atoms with Crippen LogP contribution < -0.4 is 4.90 Å². The fourth-order valence-corrected chi connectivity index (χ4v) is 10.5. The maximum atomic E-state index is 12.5. The molecule has 0 amide bonds. The number of β-amino-alcohol motifs (C(OH)–C–C–N with tert-alkyl or cyclic N) is 1. The monoisotopic (exact) mass is 785 g/mol. The lowest BCUT2D eigenvalue weighted by Crippen LogP contribution is -2.47. The van der Waals surface area contributed by atoms with E-state index in [4.69, 9.17) is 16.7 Å². The number of sulfone groups is 1. The Bertz CT molecular complexity index is 2100. The highest BCUT2D eigenvalue weighted by atomic mass is 35.5. The zero-order chi connectivity index (χ0) is 37.5. The average molecular weight is 787 g/mol. The first-order valence-electron chi connectivity index (χ1n) is 19.2. The second-order valence-electron chi connectivity index (χ2n) is 14.7. The number of hydrogen-bond acceptors (Lipinski definition) is 8. The third-order valence-corrected chi connectivity index (χ3v) is 14.1. The molecule has 1 aromatic heterocycles. The fourth-order valence-electron chi connectivity index (χ4n) is 7.91. The van der Waals surface area contributed by atoms with E-state index in [1.165, 1.54) is 51.5 Å². The van der Waals surface area contributed by atoms with E-state index >= 15 is 0 Å². The molecule has 4 aromatic carbocycles. The number of hydrogen-bond donors (Lipinski definition) is 2. The summed E-state index contributed by atoms with van der Waals surface area (Å²) >= 11 is 8.12. The summed E-state index contributed by atoms with van der Waals surface area (Å²) in [4.78, 5) is 16.1. The molecule has 4 heterocycles. The van der Waals surface area contributed by atoms with Gasteiger partial charge in [0, 0.05) is 77.2 Å². The zero-order valence-electron chi connectivity index (χ0n) is 31.2. The van der Waals surface area contributed by atoms with Crippen LogP contribution in [0.4, 0.5) is 11.4 Å². The van der Waals surface area contributed by atoms with Crippen molar-refractivity contribution in [3.05, 3.63) is 113 Å². The van der Waals surface area contributed by atoms with Crippen LogP contribution in [0.5, 0.6) is 0 Å². The van der Waals surface area contributed by atoms with Gasteiger partial charge >= 0.3 is 0 Å². The van der Waals surface area contributed by atoms with Crippen LogP contribution in [0.25, 0.3) is 10.9 Å². The van der Waals surface area contributed by atoms with E-state index in [9.17, 15) is 8.42 Å². The second-order valence-corrected chi connectivity index (χ2v) is 18.3. The zero-order valence-corrected chi connectivity index (χ0v) is 33.6. The van der Waals surface area contributed by atoms with Gasteiger partial charge in [0.05, 0.1) is 28.6 Å². The fraction of sp³-hybridized carbons (Fsp3) is 0.395. The van der Waals surface area contributed by atoms with Crippen LogP contribution in [-0.2, 0) is 22.7 Å². The van der Waals surface area contributed by atoms with Crippen molar-refractivity contribution in [3.8, 4) is 0 Å². The number of aliphatic hydroxyl groups excluding tert-OH is 1. The van der Waals surface area contributed by atoms with Gasteiger partial charge in [-0.3, -0.25) is 4.90 Å². The number of rotatable bonds is 12. The quantitative estimate of drug-likeness (QED) is 0.133. The first-order chi connectivity index (χ1) is 26.3. The summed E-state index contributed by atoms with van der Waals surface area (Å²) < 4.78 is 25.1. The molecule has 286 valence electrons. The summed E-state index contributed by atoms with van der Waals surface area (Å²) in [6.07, 6.45) is 7.32. The number of aliphatic hydroxyl groups is 1. The Morgan fingerprint density at radius 1 is 0.833 bits per heavy atom. The molecule has 0 saturated carbocycles. The van der Waals surface area contributed by atoms with Crippen molar-refractivity contribution in [2.75, 3.05) is 76.7 Å². The van der Waals surface area contributed by atoms with E-state index in [0.29, 0.717) is 17.4 Å². The van der Waals surface area contributed by atoms with E-state index in [0.717, 1.165) is 74.8 Å². The Balaban J connectivity index is 0.000000167. The number of H-pyrrole nitrogens is 1. The first-order valence-corrected chi connectivity index (χ1v) is 22.1. The van der Waals surface area contributed by atoms with E-state index in [2.05, 4.69) is 86.4 Å². The summed E-state index contributed by atoms with van der Waals surface area (Å²) in [7, 11) is -1.05. The van der Waals surface area contributed by atoms with Crippen LogP contribution in [-0.4, -0.2) is 111 Å². The molecule has 8 nitrogen and oxygen atoms in total. The highest BCUT2D eigenvalue weighted by Gasteiger charge is 2.25. The largest absolute Gasteiger partial charge is 0.395 e. The van der Waals surface area contributed by atoms with Gasteiger partial charge in [-0.25, -0.2) is 8.42 Å². The molecule has 54 heavy (non-hydrogen) atoms. The number of nitrogens with one attached hydrogen (secondary N) is 1. The third kappa shape index (κ3) is 9.53. The van der Waals surface area contributed by atoms with Gasteiger partial charge in [0.2, 0.25) is 0 Å². The highest BCUT2D eigenvalue weighted by Crippen LogP contribution is 2.48. The van der Waals surface area contributed by atoms with Crippen molar-refractivity contribution < 1.29 is 13.5 Å². The maximum absolute atomic E-state index is 12.5. The standard InChI is InChI=1S/C22H26N2O2S.C21H26ClN3OS/c1-24-12-5-6-19(24)15-18-16-23-22-10-9-17(14-21(18)22)11-13-27(25,26)20-7-3-2-4-8-20;22-17-6-7-21-19(16-17)25(18-4-1-2-5-20(18)27-21)9-3-8-23-10-12-24(13-11-23)14-15-26/h2-4,7-10,14,16,19,23H,5-6,11-13,15H2,1H3;1-2,4-7,16,26H,3,8-15H2/t19-;/m1./s1. The molecule has 0 radical (unpaired) electrons. The minimum atomic E-state index is -3.25. The van der Waals surface area contributed by atoms with Gasteiger partial charge in [-0.1, -0.05) is 59.8 Å². The summed E-state index contributed by atoms with van der Waals surface area (Å²) in [5.74, 6) is 0.133. The van der Waals surface area contributed by atoms with Crippen molar-refractivity contribution >= 4 is 55.5 Å². The van der Waals surface area contributed by atoms with E-state index in [1.807, 2.05) is 30.0 Å². The first kappa shape index (κ1) is 38.9. The molecule has 5 aromatic rings. The van der Waals surface area contributed by atoms with E-state index in [1.54, 1.807) is 24.3 Å². The maximum Gasteiger partial charge on any atom is 0.178 e. The summed E-state index contributed by atoms with van der Waals surface area (Å²) in [6.45, 7) is 8.63. The van der Waals surface area contributed by atoms with Crippen molar-refractivity contribution in [2.24, 2.45) is 0 Å². The molecule has 3 aliphatic heterocycles. The molecule has 8 rings (SSSR count). The number of benzene rings is 4. The summed E-state index contributed by atoms with van der Waals surface area (Å²) in [5, 5.41) is 11.1. The number of aryl methyl sites for hydroxylation is 1. The van der Waals surface area contributed by atoms with Crippen molar-refractivity contribution in [3.63, 3.8) is 0 Å². The number of aromatic amines is 1. The van der Waals surface area contributed by atoms with E-state index in [-0.39, 0.29) is 12.4 Å². The molecule has 3 aliphatic rings. The Hall–Kier alpha value is -3.35. The molecular formula is C43H52ClN5O3S2. The Kier molecular flexibility index (Phi) is 13.0. The molecule has 2 saturated heterocycles. The predicted octanol–water partition coefficient (Wildman–Crippen LogP) is 7.76. The number of para-hydroxylation sites is 1. The summed E-state index contributed by atoms with van der Waals surface area (Å²) in [6, 6.07) is 30.4. The Morgan fingerprint density at radius 3 is 2.33 bits per heavy atom. The topological polar surface area (TPSA) is 83.1 Å². The van der Waals surface area contributed by atoms with Gasteiger partial charge in [-0.05, 0) is 118 Å². The number of anilines is 2. The van der Waals surface area contributed by atoms with Gasteiger partial charge in [0.15, 0.2) is 9.84 Å². The highest BCUT2D eigenvalue weighted by molar-refractivity contribution is 7.99. The minimum absolute atomic E-state index is 0.133. The van der Waals surface area contributed by atoms with Crippen molar-refractivity contribution in [2.45, 2.75) is 52.8 Å². The van der Waals surface area contributed by atoms with E-state index < -0.39 is 9.84 Å². The molecule has 2 fully saturated rings. The van der Waals surface area contributed by atoms with Gasteiger partial charge in [0.25, 0.3) is 0 Å². The lowest BCUT2D eigenvalue weighted by atomic mass is 10.0. The van der Waals surface area contributed by atoms with Crippen LogP contribution >= 0.6 is 23.4 Å². The predicted molar refractivity (Wildman–Crippen MR) is 223 cm³/mol. The van der Waals surface area contributed by atoms with Crippen molar-refractivity contribution in [1.82, 2.24) is 19.7 Å². The number of halogens is 1. The Morgan fingerprint density at radius 2 is 1.57 bits per heavy atom. The minimum Gasteiger partial charge on any atom is -0.395 e. The molecule has 0 spiro atoms. The number of aromatic nitrogens is 1. The van der Waals surface area contributed by atoms with Crippen LogP contribution in [0.2, 0.25) is 5.02 Å². The lowest BCUT2D eigenvalue weighted by Gasteiger charge is -2.36. The van der Waals surface area contributed by atoms with Crippen LogP contribution in [0.15, 0.2) is 112 Å². The number of nitrogens with zero attached hydrogens (tertiary/aromatic N) is 4. The number of likely N-dealkylation sites (tertiary alicyclic amines) is 1.